The Morgan fingerprint density at radius 1 is 1.55 bits per heavy atom. The monoisotopic (exact) mass is 296 g/mol. The molecule has 0 aromatic heterocycles. The average molecular weight is 296 g/mol. The Morgan fingerprint density at radius 3 is 2.85 bits per heavy atom. The van der Waals surface area contributed by atoms with Crippen LogP contribution >= 0.6 is 12.2 Å². The highest BCUT2D eigenvalue weighted by Gasteiger charge is 2.31. The molecule has 0 radical (unpaired) electrons. The summed E-state index contributed by atoms with van der Waals surface area (Å²) >= 11 is 5.04. The van der Waals surface area contributed by atoms with E-state index in [-0.39, 0.29) is 17.5 Å². The van der Waals surface area contributed by atoms with Crippen molar-refractivity contribution in [2.24, 2.45) is 5.73 Å². The summed E-state index contributed by atoms with van der Waals surface area (Å²) < 4.78 is 19.3. The van der Waals surface area contributed by atoms with Crippen LogP contribution in [0.3, 0.4) is 0 Å². The van der Waals surface area contributed by atoms with Crippen LogP contribution in [0.4, 0.5) is 4.39 Å². The first kappa shape index (κ1) is 15.4. The largest absolute Gasteiger partial charge is 0.389 e. The summed E-state index contributed by atoms with van der Waals surface area (Å²) in [5, 5.41) is 0. The van der Waals surface area contributed by atoms with Crippen molar-refractivity contribution in [1.29, 1.82) is 0 Å². The van der Waals surface area contributed by atoms with Gasteiger partial charge in [-0.3, -0.25) is 4.90 Å². The highest BCUT2D eigenvalue weighted by Crippen LogP contribution is 2.23. The summed E-state index contributed by atoms with van der Waals surface area (Å²) in [6.07, 6.45) is 0.153. The Bertz CT molecular complexity index is 519. The number of morpholine rings is 1. The topological polar surface area (TPSA) is 38.5 Å². The van der Waals surface area contributed by atoms with Crippen LogP contribution in [0.2, 0.25) is 0 Å². The molecule has 1 unspecified atom stereocenters. The summed E-state index contributed by atoms with van der Waals surface area (Å²) in [5.41, 5.74) is 7.10. The summed E-state index contributed by atoms with van der Waals surface area (Å²) in [6.45, 7) is 8.42. The molecule has 0 aliphatic carbocycles. The van der Waals surface area contributed by atoms with Gasteiger partial charge in [-0.15, -0.1) is 0 Å². The maximum atomic E-state index is 13.5. The highest BCUT2D eigenvalue weighted by atomic mass is 32.1. The van der Waals surface area contributed by atoms with Gasteiger partial charge in [-0.2, -0.15) is 0 Å². The molecule has 0 bridgehead atoms. The van der Waals surface area contributed by atoms with E-state index in [1.54, 1.807) is 6.07 Å². The van der Waals surface area contributed by atoms with Crippen molar-refractivity contribution in [2.75, 3.05) is 13.1 Å². The average Bonchev–Trinajstić information content (AvgIpc) is 2.25. The second-order valence-electron chi connectivity index (χ2n) is 6.02. The third kappa shape index (κ3) is 3.75. The minimum Gasteiger partial charge on any atom is -0.389 e. The summed E-state index contributed by atoms with van der Waals surface area (Å²) in [7, 11) is 0. The summed E-state index contributed by atoms with van der Waals surface area (Å²) in [4.78, 5) is 2.56. The van der Waals surface area contributed by atoms with Gasteiger partial charge in [-0.05, 0) is 44.5 Å². The van der Waals surface area contributed by atoms with Gasteiger partial charge in [-0.25, -0.2) is 4.39 Å². The van der Waals surface area contributed by atoms with E-state index in [2.05, 4.69) is 18.7 Å². The van der Waals surface area contributed by atoms with Gasteiger partial charge in [-0.1, -0.05) is 12.2 Å². The van der Waals surface area contributed by atoms with Crippen LogP contribution in [0.25, 0.3) is 0 Å². The number of nitrogens with two attached hydrogens (primary N) is 1. The third-order valence-corrected chi connectivity index (χ3v) is 3.59. The highest BCUT2D eigenvalue weighted by molar-refractivity contribution is 7.80. The Kier molecular flexibility index (Phi) is 4.42. The van der Waals surface area contributed by atoms with E-state index in [4.69, 9.17) is 22.7 Å². The maximum Gasteiger partial charge on any atom is 0.123 e. The van der Waals surface area contributed by atoms with Crippen molar-refractivity contribution in [3.05, 3.63) is 35.1 Å². The Morgan fingerprint density at radius 2 is 2.25 bits per heavy atom. The summed E-state index contributed by atoms with van der Waals surface area (Å²) in [5.74, 6) is -0.263. The number of ether oxygens (including phenoxy) is 1. The molecule has 5 heteroatoms. The number of nitrogens with zero attached hydrogens (tertiary/aromatic N) is 1. The fraction of sp³-hybridized carbons (Fsp3) is 0.533. The minimum atomic E-state index is -0.263. The van der Waals surface area contributed by atoms with Crippen molar-refractivity contribution in [1.82, 2.24) is 4.90 Å². The molecule has 20 heavy (non-hydrogen) atoms. The molecule has 1 saturated heterocycles. The molecule has 0 saturated carbocycles. The predicted octanol–water partition coefficient (Wildman–Crippen LogP) is 2.46. The van der Waals surface area contributed by atoms with Crippen LogP contribution in [0.5, 0.6) is 0 Å². The smallest absolute Gasteiger partial charge is 0.123 e. The zero-order chi connectivity index (χ0) is 14.9. The summed E-state index contributed by atoms with van der Waals surface area (Å²) in [6, 6.07) is 4.56. The molecule has 1 aliphatic rings. The maximum absolute atomic E-state index is 13.5. The standard InChI is InChI=1S/C15H21FN2OS/c1-10-7-18(9-15(2,3)19-10)8-11-6-12(16)4-5-13(11)14(17)20/h4-6,10H,7-9H2,1-3H3,(H2,17,20). The van der Waals surface area contributed by atoms with E-state index in [1.807, 2.05) is 6.92 Å². The first-order valence-corrected chi connectivity index (χ1v) is 7.16. The quantitative estimate of drug-likeness (QED) is 0.870. The molecule has 1 aromatic carbocycles. The van der Waals surface area contributed by atoms with Gasteiger partial charge in [0.2, 0.25) is 0 Å². The lowest BCUT2D eigenvalue weighted by Gasteiger charge is -2.42. The molecule has 110 valence electrons. The van der Waals surface area contributed by atoms with E-state index < -0.39 is 0 Å². The zero-order valence-corrected chi connectivity index (χ0v) is 13.0. The molecular formula is C15H21FN2OS. The fourth-order valence-corrected chi connectivity index (χ4v) is 3.08. The second-order valence-corrected chi connectivity index (χ2v) is 6.46. The van der Waals surface area contributed by atoms with Gasteiger partial charge in [0.15, 0.2) is 0 Å². The molecule has 1 aliphatic heterocycles. The molecule has 0 amide bonds. The number of halogens is 1. The SMILES string of the molecule is CC1CN(Cc2cc(F)ccc2C(N)=S)CC(C)(C)O1. The van der Waals surface area contributed by atoms with Crippen molar-refractivity contribution in [3.8, 4) is 0 Å². The van der Waals surface area contributed by atoms with Crippen LogP contribution in [-0.2, 0) is 11.3 Å². The van der Waals surface area contributed by atoms with Crippen molar-refractivity contribution in [3.63, 3.8) is 0 Å². The van der Waals surface area contributed by atoms with E-state index in [9.17, 15) is 4.39 Å². The minimum absolute atomic E-state index is 0.153. The third-order valence-electron chi connectivity index (χ3n) is 3.37. The number of hydrogen-bond acceptors (Lipinski definition) is 3. The molecule has 0 spiro atoms. The zero-order valence-electron chi connectivity index (χ0n) is 12.1. The molecule has 1 atom stereocenters. The van der Waals surface area contributed by atoms with E-state index in [0.29, 0.717) is 11.5 Å². The predicted molar refractivity (Wildman–Crippen MR) is 82.2 cm³/mol. The first-order valence-electron chi connectivity index (χ1n) is 6.75. The van der Waals surface area contributed by atoms with Gasteiger partial charge in [0.1, 0.15) is 10.8 Å². The van der Waals surface area contributed by atoms with Gasteiger partial charge in [0.25, 0.3) is 0 Å². The fourth-order valence-electron chi connectivity index (χ4n) is 2.88. The number of hydrogen-bond donors (Lipinski definition) is 1. The number of rotatable bonds is 3. The van der Waals surface area contributed by atoms with Crippen molar-refractivity contribution in [2.45, 2.75) is 39.0 Å². The normalized spacial score (nSPS) is 22.7. The lowest BCUT2D eigenvalue weighted by molar-refractivity contribution is -0.130. The molecule has 3 nitrogen and oxygen atoms in total. The second kappa shape index (κ2) is 5.76. The lowest BCUT2D eigenvalue weighted by Crippen LogP contribution is -2.51. The molecule has 1 fully saturated rings. The first-order chi connectivity index (χ1) is 9.27. The lowest BCUT2D eigenvalue weighted by atomic mass is 10.0. The molecule has 1 aromatic rings. The van der Waals surface area contributed by atoms with Gasteiger partial charge >= 0.3 is 0 Å². The van der Waals surface area contributed by atoms with Crippen LogP contribution in [-0.4, -0.2) is 34.7 Å². The van der Waals surface area contributed by atoms with E-state index in [1.165, 1.54) is 12.1 Å². The van der Waals surface area contributed by atoms with E-state index >= 15 is 0 Å². The molecule has 2 rings (SSSR count). The van der Waals surface area contributed by atoms with Crippen molar-refractivity contribution < 1.29 is 9.13 Å². The molecule has 1 heterocycles. The van der Waals surface area contributed by atoms with Crippen LogP contribution in [0.15, 0.2) is 18.2 Å². The van der Waals surface area contributed by atoms with Crippen molar-refractivity contribution >= 4 is 17.2 Å². The molecular weight excluding hydrogens is 275 g/mol. The van der Waals surface area contributed by atoms with E-state index in [0.717, 1.165) is 24.2 Å². The van der Waals surface area contributed by atoms with Gasteiger partial charge in [0.05, 0.1) is 11.7 Å². The van der Waals surface area contributed by atoms with Crippen LogP contribution in [0.1, 0.15) is 31.9 Å². The number of thiocarbonyl (C=S) groups is 1. The van der Waals surface area contributed by atoms with Gasteiger partial charge in [0, 0.05) is 25.2 Å². The van der Waals surface area contributed by atoms with Crippen LogP contribution in [0, 0.1) is 5.82 Å². The Hall–Kier alpha value is -1.04. The van der Waals surface area contributed by atoms with Gasteiger partial charge < -0.3 is 10.5 Å². The number of benzene rings is 1. The molecule has 2 N–H and O–H groups in total. The Balaban J connectivity index is 2.21. The Labute approximate surface area is 124 Å². The van der Waals surface area contributed by atoms with Crippen LogP contribution < -0.4 is 5.73 Å².